The SMILES string of the molecule is CCN(CC)c1ccc(NC(=O)c2cncc(Nc3ccccc3C)c2)c(C)c1. The van der Waals surface area contributed by atoms with Crippen LogP contribution in [-0.2, 0) is 0 Å². The minimum absolute atomic E-state index is 0.176. The lowest BCUT2D eigenvalue weighted by molar-refractivity contribution is 0.102. The number of rotatable bonds is 7. The summed E-state index contributed by atoms with van der Waals surface area (Å²) in [6.07, 6.45) is 3.30. The molecule has 0 radical (unpaired) electrons. The molecule has 5 nitrogen and oxygen atoms in total. The molecule has 2 aromatic carbocycles. The fraction of sp³-hybridized carbons (Fsp3) is 0.250. The van der Waals surface area contributed by atoms with Crippen LogP contribution in [-0.4, -0.2) is 24.0 Å². The van der Waals surface area contributed by atoms with E-state index < -0.39 is 0 Å². The second-order valence-corrected chi connectivity index (χ2v) is 7.03. The Morgan fingerprint density at radius 2 is 1.69 bits per heavy atom. The maximum Gasteiger partial charge on any atom is 0.257 e. The van der Waals surface area contributed by atoms with Gasteiger partial charge in [0.2, 0.25) is 0 Å². The fourth-order valence-corrected chi connectivity index (χ4v) is 3.27. The molecule has 2 N–H and O–H groups in total. The van der Waals surface area contributed by atoms with E-state index in [4.69, 9.17) is 0 Å². The normalized spacial score (nSPS) is 10.5. The third kappa shape index (κ3) is 4.93. The highest BCUT2D eigenvalue weighted by Gasteiger charge is 2.11. The molecule has 0 bridgehead atoms. The summed E-state index contributed by atoms with van der Waals surface area (Å²) in [5, 5.41) is 6.33. The summed E-state index contributed by atoms with van der Waals surface area (Å²) < 4.78 is 0. The first-order valence-corrected chi connectivity index (χ1v) is 9.96. The van der Waals surface area contributed by atoms with E-state index in [1.54, 1.807) is 12.4 Å². The Bertz CT molecular complexity index is 996. The van der Waals surface area contributed by atoms with Gasteiger partial charge in [-0.25, -0.2) is 0 Å². The molecule has 0 aliphatic carbocycles. The molecule has 3 aromatic rings. The summed E-state index contributed by atoms with van der Waals surface area (Å²) in [6.45, 7) is 10.2. The second kappa shape index (κ2) is 9.24. The first-order valence-electron chi connectivity index (χ1n) is 9.96. The van der Waals surface area contributed by atoms with Gasteiger partial charge in [-0.1, -0.05) is 18.2 Å². The van der Waals surface area contributed by atoms with E-state index >= 15 is 0 Å². The number of hydrogen-bond donors (Lipinski definition) is 2. The molecule has 0 spiro atoms. The molecule has 0 saturated heterocycles. The van der Waals surface area contributed by atoms with Crippen molar-refractivity contribution in [3.63, 3.8) is 0 Å². The van der Waals surface area contributed by atoms with Gasteiger partial charge < -0.3 is 15.5 Å². The molecule has 1 amide bonds. The smallest absolute Gasteiger partial charge is 0.257 e. The number of carbonyl (C=O) groups is 1. The molecule has 3 rings (SSSR count). The zero-order valence-electron chi connectivity index (χ0n) is 17.5. The van der Waals surface area contributed by atoms with Crippen LogP contribution in [0, 0.1) is 13.8 Å². The monoisotopic (exact) mass is 388 g/mol. The number of aromatic nitrogens is 1. The number of carbonyl (C=O) groups excluding carboxylic acids is 1. The van der Waals surface area contributed by atoms with Crippen LogP contribution in [0.5, 0.6) is 0 Å². The fourth-order valence-electron chi connectivity index (χ4n) is 3.27. The molecule has 0 saturated carbocycles. The van der Waals surface area contributed by atoms with Crippen molar-refractivity contribution in [3.8, 4) is 0 Å². The van der Waals surface area contributed by atoms with Crippen LogP contribution in [0.15, 0.2) is 60.9 Å². The molecule has 5 heteroatoms. The number of anilines is 4. The van der Waals surface area contributed by atoms with E-state index in [9.17, 15) is 4.79 Å². The molecule has 29 heavy (non-hydrogen) atoms. The molecular weight excluding hydrogens is 360 g/mol. The molecule has 1 heterocycles. The summed E-state index contributed by atoms with van der Waals surface area (Å²) >= 11 is 0. The van der Waals surface area contributed by atoms with Crippen molar-refractivity contribution >= 4 is 28.7 Å². The number of hydrogen-bond acceptors (Lipinski definition) is 4. The highest BCUT2D eigenvalue weighted by Crippen LogP contribution is 2.24. The van der Waals surface area contributed by atoms with Crippen molar-refractivity contribution in [1.29, 1.82) is 0 Å². The topological polar surface area (TPSA) is 57.3 Å². The third-order valence-electron chi connectivity index (χ3n) is 5.01. The van der Waals surface area contributed by atoms with E-state index in [0.717, 1.165) is 47.0 Å². The van der Waals surface area contributed by atoms with Gasteiger partial charge in [-0.05, 0) is 69.2 Å². The average molecular weight is 389 g/mol. The molecule has 1 aromatic heterocycles. The van der Waals surface area contributed by atoms with Crippen molar-refractivity contribution in [2.45, 2.75) is 27.7 Å². The molecule has 0 unspecified atom stereocenters. The van der Waals surface area contributed by atoms with Crippen molar-refractivity contribution in [2.24, 2.45) is 0 Å². The van der Waals surface area contributed by atoms with Crippen LogP contribution < -0.4 is 15.5 Å². The zero-order chi connectivity index (χ0) is 20.8. The van der Waals surface area contributed by atoms with Gasteiger partial charge in [0.25, 0.3) is 5.91 Å². The number of benzene rings is 2. The van der Waals surface area contributed by atoms with Gasteiger partial charge >= 0.3 is 0 Å². The number of nitrogens with zero attached hydrogens (tertiary/aromatic N) is 2. The van der Waals surface area contributed by atoms with Crippen molar-refractivity contribution in [2.75, 3.05) is 28.6 Å². The van der Waals surface area contributed by atoms with Crippen LogP contribution in [0.3, 0.4) is 0 Å². The summed E-state index contributed by atoms with van der Waals surface area (Å²) in [6, 6.07) is 15.9. The van der Waals surface area contributed by atoms with Gasteiger partial charge in [-0.2, -0.15) is 0 Å². The van der Waals surface area contributed by atoms with Crippen LogP contribution in [0.25, 0.3) is 0 Å². The lowest BCUT2D eigenvalue weighted by Crippen LogP contribution is -2.22. The Hall–Kier alpha value is -3.34. The first kappa shape index (κ1) is 20.4. The summed E-state index contributed by atoms with van der Waals surface area (Å²) in [5.41, 5.74) is 6.42. The quantitative estimate of drug-likeness (QED) is 0.558. The Morgan fingerprint density at radius 1 is 0.931 bits per heavy atom. The standard InChI is InChI=1S/C24H28N4O/c1-5-28(6-2)21-11-12-23(18(4)13-21)27-24(29)19-14-20(16-25-15-19)26-22-10-8-7-9-17(22)3/h7-16,26H,5-6H2,1-4H3,(H,27,29). The molecule has 0 aliphatic heterocycles. The van der Waals surface area contributed by atoms with Crippen LogP contribution in [0.4, 0.5) is 22.7 Å². The van der Waals surface area contributed by atoms with E-state index in [-0.39, 0.29) is 5.91 Å². The Kier molecular flexibility index (Phi) is 6.50. The maximum absolute atomic E-state index is 12.8. The highest BCUT2D eigenvalue weighted by molar-refractivity contribution is 6.05. The predicted molar refractivity (Wildman–Crippen MR) is 121 cm³/mol. The van der Waals surface area contributed by atoms with Gasteiger partial charge in [0, 0.05) is 36.3 Å². The van der Waals surface area contributed by atoms with E-state index in [1.807, 2.05) is 56.3 Å². The summed E-state index contributed by atoms with van der Waals surface area (Å²) in [5.74, 6) is -0.176. The minimum Gasteiger partial charge on any atom is -0.372 e. The largest absolute Gasteiger partial charge is 0.372 e. The number of pyridine rings is 1. The summed E-state index contributed by atoms with van der Waals surface area (Å²) in [7, 11) is 0. The first-order chi connectivity index (χ1) is 14.0. The average Bonchev–Trinajstić information content (AvgIpc) is 2.73. The lowest BCUT2D eigenvalue weighted by atomic mass is 10.1. The predicted octanol–water partition coefficient (Wildman–Crippen LogP) is 5.54. The molecular formula is C24H28N4O. The highest BCUT2D eigenvalue weighted by atomic mass is 16.1. The molecule has 150 valence electrons. The third-order valence-corrected chi connectivity index (χ3v) is 5.01. The van der Waals surface area contributed by atoms with Crippen LogP contribution in [0.1, 0.15) is 35.3 Å². The van der Waals surface area contributed by atoms with E-state index in [2.05, 4.69) is 40.4 Å². The number of amides is 1. The van der Waals surface area contributed by atoms with Crippen LogP contribution >= 0.6 is 0 Å². The van der Waals surface area contributed by atoms with Gasteiger partial charge in [-0.15, -0.1) is 0 Å². The zero-order valence-corrected chi connectivity index (χ0v) is 17.5. The molecule has 0 fully saturated rings. The Balaban J connectivity index is 1.75. The number of para-hydroxylation sites is 1. The van der Waals surface area contributed by atoms with E-state index in [1.165, 1.54) is 0 Å². The van der Waals surface area contributed by atoms with E-state index in [0.29, 0.717) is 5.56 Å². The van der Waals surface area contributed by atoms with Crippen LogP contribution in [0.2, 0.25) is 0 Å². The number of aryl methyl sites for hydroxylation is 2. The maximum atomic E-state index is 12.8. The minimum atomic E-state index is -0.176. The molecule has 0 aliphatic rings. The van der Waals surface area contributed by atoms with Crippen molar-refractivity contribution in [3.05, 3.63) is 77.6 Å². The van der Waals surface area contributed by atoms with Gasteiger partial charge in [0.05, 0.1) is 17.4 Å². The van der Waals surface area contributed by atoms with Crippen molar-refractivity contribution in [1.82, 2.24) is 4.98 Å². The lowest BCUT2D eigenvalue weighted by Gasteiger charge is -2.22. The van der Waals surface area contributed by atoms with Gasteiger partial charge in [0.1, 0.15) is 0 Å². The molecule has 0 atom stereocenters. The second-order valence-electron chi connectivity index (χ2n) is 7.03. The van der Waals surface area contributed by atoms with Crippen molar-refractivity contribution < 1.29 is 4.79 Å². The Morgan fingerprint density at radius 3 is 2.38 bits per heavy atom. The van der Waals surface area contributed by atoms with Gasteiger partial charge in [0.15, 0.2) is 0 Å². The Labute approximate surface area is 172 Å². The summed E-state index contributed by atoms with van der Waals surface area (Å²) in [4.78, 5) is 19.3. The van der Waals surface area contributed by atoms with Gasteiger partial charge in [-0.3, -0.25) is 9.78 Å². The number of nitrogens with one attached hydrogen (secondary N) is 2.